The Kier molecular flexibility index (Phi) is 4.69. The van der Waals surface area contributed by atoms with Crippen LogP contribution in [-0.4, -0.2) is 47.2 Å². The molecule has 0 bridgehead atoms. The van der Waals surface area contributed by atoms with Gasteiger partial charge in [-0.1, -0.05) is 0 Å². The number of carbonyl (C=O) groups is 1. The van der Waals surface area contributed by atoms with E-state index >= 15 is 0 Å². The summed E-state index contributed by atoms with van der Waals surface area (Å²) in [6.45, 7) is 0.547. The van der Waals surface area contributed by atoms with Gasteiger partial charge in [-0.3, -0.25) is 9.79 Å². The Morgan fingerprint density at radius 2 is 2.16 bits per heavy atom. The van der Waals surface area contributed by atoms with E-state index in [-0.39, 0.29) is 23.7 Å². The normalized spacial score (nSPS) is 21.0. The number of hydrogen-bond donors (Lipinski definition) is 2. The third-order valence-corrected chi connectivity index (χ3v) is 4.52. The third-order valence-electron chi connectivity index (χ3n) is 4.52. The van der Waals surface area contributed by atoms with Crippen LogP contribution in [-0.2, 0) is 4.79 Å². The van der Waals surface area contributed by atoms with Crippen molar-refractivity contribution < 1.29 is 9.18 Å². The highest BCUT2D eigenvalue weighted by Gasteiger charge is 2.39. The molecule has 1 amide bonds. The minimum atomic E-state index is -0.293. The summed E-state index contributed by atoms with van der Waals surface area (Å²) < 4.78 is 14.8. The zero-order chi connectivity index (χ0) is 18.0. The van der Waals surface area contributed by atoms with Crippen molar-refractivity contribution in [1.29, 1.82) is 0 Å². The Labute approximate surface area is 145 Å². The van der Waals surface area contributed by atoms with Gasteiger partial charge in [0.1, 0.15) is 5.82 Å². The van der Waals surface area contributed by atoms with Gasteiger partial charge in [0.05, 0.1) is 17.9 Å². The van der Waals surface area contributed by atoms with Crippen LogP contribution in [0.3, 0.4) is 0 Å². The second kappa shape index (κ2) is 6.92. The molecule has 1 aromatic carbocycles. The lowest BCUT2D eigenvalue weighted by molar-refractivity contribution is -0.127. The molecular formula is C17H21FN6O. The fraction of sp³-hybridized carbons (Fsp3) is 0.353. The molecule has 8 heteroatoms. The zero-order valence-corrected chi connectivity index (χ0v) is 14.2. The summed E-state index contributed by atoms with van der Waals surface area (Å²) in [5.74, 6) is 0.198. The molecule has 132 valence electrons. The Morgan fingerprint density at radius 1 is 1.44 bits per heavy atom. The van der Waals surface area contributed by atoms with Crippen LogP contribution in [0, 0.1) is 11.7 Å². The van der Waals surface area contributed by atoms with Crippen LogP contribution in [0.2, 0.25) is 0 Å². The van der Waals surface area contributed by atoms with Crippen LogP contribution in [0.15, 0.2) is 41.7 Å². The highest BCUT2D eigenvalue weighted by atomic mass is 19.1. The number of guanidine groups is 1. The molecule has 3 rings (SSSR count). The minimum Gasteiger partial charge on any atom is -0.370 e. The molecule has 0 saturated carbocycles. The van der Waals surface area contributed by atoms with Gasteiger partial charge in [-0.15, -0.1) is 0 Å². The maximum Gasteiger partial charge on any atom is 0.223 e. The maximum absolute atomic E-state index is 13.1. The van der Waals surface area contributed by atoms with Crippen LogP contribution in [0.5, 0.6) is 0 Å². The molecule has 2 atom stereocenters. The summed E-state index contributed by atoms with van der Waals surface area (Å²) >= 11 is 0. The number of carbonyl (C=O) groups excluding carboxylic acids is 1. The van der Waals surface area contributed by atoms with Gasteiger partial charge in [-0.2, -0.15) is 5.10 Å². The van der Waals surface area contributed by atoms with Crippen LogP contribution in [0.4, 0.5) is 4.39 Å². The highest BCUT2D eigenvalue weighted by molar-refractivity contribution is 5.80. The lowest BCUT2D eigenvalue weighted by Crippen LogP contribution is -2.36. The van der Waals surface area contributed by atoms with Crippen molar-refractivity contribution in [2.45, 2.75) is 12.5 Å². The lowest BCUT2D eigenvalue weighted by atomic mass is 9.96. The predicted molar refractivity (Wildman–Crippen MR) is 92.7 cm³/mol. The van der Waals surface area contributed by atoms with E-state index in [1.54, 1.807) is 42.0 Å². The first-order chi connectivity index (χ1) is 12.0. The monoisotopic (exact) mass is 344 g/mol. The molecule has 1 aliphatic rings. The number of halogens is 1. The molecule has 25 heavy (non-hydrogen) atoms. The van der Waals surface area contributed by atoms with Gasteiger partial charge in [-0.05, 0) is 24.3 Å². The molecule has 1 aromatic heterocycles. The van der Waals surface area contributed by atoms with Crippen molar-refractivity contribution in [3.8, 4) is 5.69 Å². The summed E-state index contributed by atoms with van der Waals surface area (Å²) in [6.07, 6.45) is 4.05. The van der Waals surface area contributed by atoms with E-state index in [9.17, 15) is 9.18 Å². The van der Waals surface area contributed by atoms with Crippen LogP contribution in [0.25, 0.3) is 5.69 Å². The number of rotatable bonds is 4. The zero-order valence-electron chi connectivity index (χ0n) is 14.2. The molecule has 0 unspecified atom stereocenters. The summed E-state index contributed by atoms with van der Waals surface area (Å²) in [5, 5.41) is 7.39. The first kappa shape index (κ1) is 16.9. The van der Waals surface area contributed by atoms with E-state index in [0.717, 1.165) is 11.3 Å². The Bertz CT molecular complexity index is 785. The van der Waals surface area contributed by atoms with Crippen molar-refractivity contribution in [3.63, 3.8) is 0 Å². The van der Waals surface area contributed by atoms with Crippen molar-refractivity contribution in [1.82, 2.24) is 20.0 Å². The molecule has 2 heterocycles. The van der Waals surface area contributed by atoms with Gasteiger partial charge >= 0.3 is 0 Å². The van der Waals surface area contributed by atoms with Crippen LogP contribution in [0.1, 0.15) is 18.0 Å². The SMILES string of the molecule is CN=C(N)NC[C@@H]1CC(=O)N(C)[C@H]1c1cnn(-c2ccc(F)cc2)c1. The average Bonchev–Trinajstić information content (AvgIpc) is 3.19. The Morgan fingerprint density at radius 3 is 2.84 bits per heavy atom. The van der Waals surface area contributed by atoms with Gasteiger partial charge in [0.25, 0.3) is 0 Å². The Balaban J connectivity index is 1.82. The van der Waals surface area contributed by atoms with Crippen molar-refractivity contribution in [2.75, 3.05) is 20.6 Å². The van der Waals surface area contributed by atoms with Crippen molar-refractivity contribution >= 4 is 11.9 Å². The molecule has 1 saturated heterocycles. The molecule has 0 radical (unpaired) electrons. The van der Waals surface area contributed by atoms with E-state index in [1.807, 2.05) is 6.20 Å². The van der Waals surface area contributed by atoms with Gasteiger partial charge < -0.3 is 16.0 Å². The van der Waals surface area contributed by atoms with Crippen molar-refractivity contribution in [3.05, 3.63) is 48.0 Å². The molecular weight excluding hydrogens is 323 g/mol. The maximum atomic E-state index is 13.1. The molecule has 1 fully saturated rings. The van der Waals surface area contributed by atoms with Gasteiger partial charge in [0, 0.05) is 44.7 Å². The quantitative estimate of drug-likeness (QED) is 0.641. The van der Waals surface area contributed by atoms with E-state index in [0.29, 0.717) is 18.9 Å². The number of likely N-dealkylation sites (tertiary alicyclic amines) is 1. The molecule has 2 aromatic rings. The number of hydrogen-bond acceptors (Lipinski definition) is 3. The van der Waals surface area contributed by atoms with E-state index < -0.39 is 0 Å². The summed E-state index contributed by atoms with van der Waals surface area (Å²) in [5.41, 5.74) is 7.38. The summed E-state index contributed by atoms with van der Waals surface area (Å²) in [6, 6.07) is 6.00. The number of benzene rings is 1. The molecule has 1 aliphatic heterocycles. The van der Waals surface area contributed by atoms with E-state index in [2.05, 4.69) is 15.4 Å². The second-order valence-electron chi connectivity index (χ2n) is 6.10. The number of nitrogens with one attached hydrogen (secondary N) is 1. The molecule has 0 aliphatic carbocycles. The molecule has 3 N–H and O–H groups in total. The standard InChI is InChI=1S/C17H21FN6O/c1-20-17(19)21-8-11-7-15(25)23(2)16(11)12-9-22-24(10-12)14-5-3-13(18)4-6-14/h3-6,9-11,16H,7-8H2,1-2H3,(H3,19,20,21)/t11-,16+/m0/s1. The van der Waals surface area contributed by atoms with Gasteiger partial charge in [-0.25, -0.2) is 9.07 Å². The van der Waals surface area contributed by atoms with Crippen molar-refractivity contribution in [2.24, 2.45) is 16.6 Å². The second-order valence-corrected chi connectivity index (χ2v) is 6.10. The predicted octanol–water partition coefficient (Wildman–Crippen LogP) is 1.06. The third kappa shape index (κ3) is 3.47. The molecule has 7 nitrogen and oxygen atoms in total. The van der Waals surface area contributed by atoms with E-state index in [1.165, 1.54) is 12.1 Å². The van der Waals surface area contributed by atoms with Crippen LogP contribution >= 0.6 is 0 Å². The minimum absolute atomic E-state index is 0.0590. The number of nitrogens with two attached hydrogens (primary N) is 1. The number of nitrogens with zero attached hydrogens (tertiary/aromatic N) is 4. The summed E-state index contributed by atoms with van der Waals surface area (Å²) in [7, 11) is 3.40. The Hall–Kier alpha value is -2.90. The van der Waals surface area contributed by atoms with E-state index in [4.69, 9.17) is 5.73 Å². The molecule has 0 spiro atoms. The average molecular weight is 344 g/mol. The summed E-state index contributed by atoms with van der Waals surface area (Å²) in [4.78, 5) is 17.8. The fourth-order valence-electron chi connectivity index (χ4n) is 3.17. The largest absolute Gasteiger partial charge is 0.370 e. The van der Waals surface area contributed by atoms with Gasteiger partial charge in [0.15, 0.2) is 5.96 Å². The first-order valence-electron chi connectivity index (χ1n) is 8.02. The number of aliphatic imine (C=N–C) groups is 1. The lowest BCUT2D eigenvalue weighted by Gasteiger charge is -2.24. The fourth-order valence-corrected chi connectivity index (χ4v) is 3.17. The van der Waals surface area contributed by atoms with Gasteiger partial charge in [0.2, 0.25) is 5.91 Å². The topological polar surface area (TPSA) is 88.5 Å². The van der Waals surface area contributed by atoms with Crippen LogP contribution < -0.4 is 11.1 Å². The number of amides is 1. The smallest absolute Gasteiger partial charge is 0.223 e. The first-order valence-corrected chi connectivity index (χ1v) is 8.02. The number of aromatic nitrogens is 2. The highest BCUT2D eigenvalue weighted by Crippen LogP contribution is 2.36.